The van der Waals surface area contributed by atoms with E-state index in [4.69, 9.17) is 4.74 Å². The van der Waals surface area contributed by atoms with E-state index < -0.39 is 24.5 Å². The predicted octanol–water partition coefficient (Wildman–Crippen LogP) is 3.06. The number of benzene rings is 1. The highest BCUT2D eigenvalue weighted by Gasteiger charge is 2.22. The molecule has 3 rings (SSSR count). The fraction of sp³-hybridized carbons (Fsp3) is 0.350. The maximum atomic E-state index is 12.2. The molecule has 3 amide bonds. The van der Waals surface area contributed by atoms with Gasteiger partial charge in [-0.2, -0.15) is 0 Å². The third-order valence-electron chi connectivity index (χ3n) is 4.41. The topological polar surface area (TPSA) is 84.5 Å². The van der Waals surface area contributed by atoms with Gasteiger partial charge in [0.1, 0.15) is 4.88 Å². The van der Waals surface area contributed by atoms with Crippen molar-refractivity contribution in [1.29, 1.82) is 0 Å². The summed E-state index contributed by atoms with van der Waals surface area (Å²) >= 11 is 1.43. The normalized spacial score (nSPS) is 15.5. The van der Waals surface area contributed by atoms with Crippen LogP contribution in [0.5, 0.6) is 0 Å². The zero-order valence-corrected chi connectivity index (χ0v) is 15.9. The summed E-state index contributed by atoms with van der Waals surface area (Å²) in [6, 6.07) is 10.6. The van der Waals surface area contributed by atoms with Crippen molar-refractivity contribution < 1.29 is 19.1 Å². The Kier molecular flexibility index (Phi) is 6.24. The van der Waals surface area contributed by atoms with Gasteiger partial charge in [-0.3, -0.25) is 10.1 Å². The van der Waals surface area contributed by atoms with E-state index in [0.29, 0.717) is 17.3 Å². The lowest BCUT2D eigenvalue weighted by molar-refractivity contribution is -0.123. The van der Waals surface area contributed by atoms with Crippen molar-refractivity contribution in [2.45, 2.75) is 32.7 Å². The molecular formula is C20H22N2O4S. The molecule has 2 aromatic rings. The molecule has 0 spiro atoms. The monoisotopic (exact) mass is 386 g/mol. The number of carbonyl (C=O) groups excluding carboxylic acids is 3. The van der Waals surface area contributed by atoms with Gasteiger partial charge in [-0.1, -0.05) is 37.3 Å². The quantitative estimate of drug-likeness (QED) is 0.774. The molecule has 1 heterocycles. The number of aryl methyl sites for hydroxylation is 1. The highest BCUT2D eigenvalue weighted by molar-refractivity contribution is 7.14. The van der Waals surface area contributed by atoms with Gasteiger partial charge in [0.2, 0.25) is 0 Å². The van der Waals surface area contributed by atoms with Crippen LogP contribution < -0.4 is 10.6 Å². The van der Waals surface area contributed by atoms with Crippen molar-refractivity contribution in [1.82, 2.24) is 10.6 Å². The first-order valence-electron chi connectivity index (χ1n) is 8.91. The van der Waals surface area contributed by atoms with Gasteiger partial charge in [-0.05, 0) is 42.4 Å². The standard InChI is InChI=1S/C20H22N2O4S/c1-13-7-8-16-15(9-13)10-17(27-16)19(24)26-12-18(23)22-20(25)21-11-14-5-3-2-4-6-14/h2-6,10,13H,7-9,11-12H2,1H3,(H2,21,22,23,25)/t13-/m1/s1. The number of ether oxygens (including phenoxy) is 1. The van der Waals surface area contributed by atoms with Crippen molar-refractivity contribution in [3.63, 3.8) is 0 Å². The second-order valence-electron chi connectivity index (χ2n) is 6.70. The summed E-state index contributed by atoms with van der Waals surface area (Å²) in [5.74, 6) is -0.568. The zero-order chi connectivity index (χ0) is 19.2. The first-order chi connectivity index (χ1) is 13.0. The summed E-state index contributed by atoms with van der Waals surface area (Å²) in [5.41, 5.74) is 2.12. The van der Waals surface area contributed by atoms with Gasteiger partial charge in [0.05, 0.1) is 0 Å². The van der Waals surface area contributed by atoms with Gasteiger partial charge in [0, 0.05) is 11.4 Å². The Balaban J connectivity index is 1.42. The highest BCUT2D eigenvalue weighted by atomic mass is 32.1. The molecule has 1 atom stereocenters. The van der Waals surface area contributed by atoms with Crippen molar-refractivity contribution in [2.75, 3.05) is 6.61 Å². The van der Waals surface area contributed by atoms with Crippen LogP contribution in [0.4, 0.5) is 4.79 Å². The van der Waals surface area contributed by atoms with Crippen LogP contribution in [0.25, 0.3) is 0 Å². The summed E-state index contributed by atoms with van der Waals surface area (Å²) in [6.07, 6.45) is 3.08. The fourth-order valence-electron chi connectivity index (χ4n) is 2.99. The lowest BCUT2D eigenvalue weighted by Gasteiger charge is -2.16. The Morgan fingerprint density at radius 2 is 2.00 bits per heavy atom. The number of esters is 1. The number of hydrogen-bond acceptors (Lipinski definition) is 5. The molecule has 1 aromatic carbocycles. The third kappa shape index (κ3) is 5.40. The molecule has 142 valence electrons. The summed E-state index contributed by atoms with van der Waals surface area (Å²) in [6.45, 7) is 2.02. The average molecular weight is 386 g/mol. The molecule has 1 aromatic heterocycles. The minimum Gasteiger partial charge on any atom is -0.451 e. The van der Waals surface area contributed by atoms with Crippen LogP contribution in [-0.2, 0) is 28.9 Å². The zero-order valence-electron chi connectivity index (χ0n) is 15.1. The molecule has 6 nitrogen and oxygen atoms in total. The van der Waals surface area contributed by atoms with Crippen LogP contribution in [0, 0.1) is 5.92 Å². The summed E-state index contributed by atoms with van der Waals surface area (Å²) < 4.78 is 5.04. The van der Waals surface area contributed by atoms with E-state index in [0.717, 1.165) is 24.8 Å². The number of amides is 3. The number of urea groups is 1. The molecule has 1 aliphatic rings. The number of fused-ring (bicyclic) bond motifs is 1. The van der Waals surface area contributed by atoms with Crippen molar-refractivity contribution in [3.8, 4) is 0 Å². The smallest absolute Gasteiger partial charge is 0.348 e. The molecule has 0 bridgehead atoms. The molecule has 0 saturated heterocycles. The average Bonchev–Trinajstić information content (AvgIpc) is 3.08. The first kappa shape index (κ1) is 19.1. The van der Waals surface area contributed by atoms with E-state index in [1.54, 1.807) is 0 Å². The van der Waals surface area contributed by atoms with Gasteiger partial charge >= 0.3 is 12.0 Å². The van der Waals surface area contributed by atoms with Gasteiger partial charge in [-0.15, -0.1) is 11.3 Å². The summed E-state index contributed by atoms with van der Waals surface area (Å²) in [4.78, 5) is 37.4. The second kappa shape index (κ2) is 8.81. The Morgan fingerprint density at radius 3 is 2.78 bits per heavy atom. The van der Waals surface area contributed by atoms with Crippen LogP contribution in [0.3, 0.4) is 0 Å². The van der Waals surface area contributed by atoms with Crippen LogP contribution in [0.2, 0.25) is 0 Å². The Labute approximate surface area is 161 Å². The fourth-order valence-corrected chi connectivity index (χ4v) is 4.10. The molecule has 7 heteroatoms. The van der Waals surface area contributed by atoms with E-state index in [1.165, 1.54) is 21.8 Å². The lowest BCUT2D eigenvalue weighted by atomic mass is 9.90. The van der Waals surface area contributed by atoms with E-state index in [2.05, 4.69) is 17.6 Å². The van der Waals surface area contributed by atoms with Crippen LogP contribution in [0.1, 0.15) is 39.0 Å². The minimum atomic E-state index is -0.663. The maximum Gasteiger partial charge on any atom is 0.348 e. The predicted molar refractivity (Wildman–Crippen MR) is 103 cm³/mol. The maximum absolute atomic E-state index is 12.2. The number of hydrogen-bond donors (Lipinski definition) is 2. The number of imide groups is 1. The van der Waals surface area contributed by atoms with Crippen LogP contribution in [-0.4, -0.2) is 24.5 Å². The number of rotatable bonds is 5. The van der Waals surface area contributed by atoms with E-state index in [9.17, 15) is 14.4 Å². The molecule has 2 N–H and O–H groups in total. The molecule has 27 heavy (non-hydrogen) atoms. The molecule has 1 aliphatic carbocycles. The van der Waals surface area contributed by atoms with Gasteiger partial charge in [0.25, 0.3) is 5.91 Å². The Morgan fingerprint density at radius 1 is 1.22 bits per heavy atom. The molecule has 0 radical (unpaired) electrons. The van der Waals surface area contributed by atoms with E-state index in [-0.39, 0.29) is 0 Å². The molecular weight excluding hydrogens is 364 g/mol. The van der Waals surface area contributed by atoms with E-state index in [1.807, 2.05) is 36.4 Å². The molecule has 0 saturated carbocycles. The number of nitrogens with one attached hydrogen (secondary N) is 2. The van der Waals surface area contributed by atoms with Gasteiger partial charge in [0.15, 0.2) is 6.61 Å². The van der Waals surface area contributed by atoms with Crippen molar-refractivity contribution >= 4 is 29.2 Å². The van der Waals surface area contributed by atoms with Crippen molar-refractivity contribution in [2.24, 2.45) is 5.92 Å². The summed E-state index contributed by atoms with van der Waals surface area (Å²) in [5, 5.41) is 4.73. The van der Waals surface area contributed by atoms with Crippen LogP contribution in [0.15, 0.2) is 36.4 Å². The van der Waals surface area contributed by atoms with Gasteiger partial charge in [-0.25, -0.2) is 9.59 Å². The molecule has 0 aliphatic heterocycles. The van der Waals surface area contributed by atoms with Gasteiger partial charge < -0.3 is 10.1 Å². The minimum absolute atomic E-state index is 0.304. The second-order valence-corrected chi connectivity index (χ2v) is 7.84. The van der Waals surface area contributed by atoms with Crippen LogP contribution >= 0.6 is 11.3 Å². The number of carbonyl (C=O) groups is 3. The third-order valence-corrected chi connectivity index (χ3v) is 5.63. The molecule has 0 unspecified atom stereocenters. The van der Waals surface area contributed by atoms with E-state index >= 15 is 0 Å². The highest BCUT2D eigenvalue weighted by Crippen LogP contribution is 2.32. The Bertz CT molecular complexity index is 832. The SMILES string of the molecule is C[C@@H]1CCc2sc(C(=O)OCC(=O)NC(=O)NCc3ccccc3)cc2C1. The van der Waals surface area contributed by atoms with Crippen molar-refractivity contribution in [3.05, 3.63) is 57.3 Å². The first-order valence-corrected chi connectivity index (χ1v) is 9.73. The molecule has 0 fully saturated rings. The Hall–Kier alpha value is -2.67. The largest absolute Gasteiger partial charge is 0.451 e. The lowest BCUT2D eigenvalue weighted by Crippen LogP contribution is -2.41. The number of thiophene rings is 1. The summed E-state index contributed by atoms with van der Waals surface area (Å²) in [7, 11) is 0.